The first-order valence-electron chi connectivity index (χ1n) is 12.6. The Bertz CT molecular complexity index is 1290. The molecule has 1 aliphatic carbocycles. The molecule has 1 saturated carbocycles. The number of thiazole rings is 1. The maximum absolute atomic E-state index is 5.83. The van der Waals surface area contributed by atoms with Crippen LogP contribution in [0.2, 0.25) is 0 Å². The van der Waals surface area contributed by atoms with Gasteiger partial charge in [0.15, 0.2) is 11.0 Å². The number of anilines is 1. The number of fused-ring (bicyclic) bond motifs is 1. The Balaban J connectivity index is 1.33. The molecule has 1 saturated heterocycles. The molecule has 36 heavy (non-hydrogen) atoms. The van der Waals surface area contributed by atoms with Crippen molar-refractivity contribution in [3.8, 4) is 11.5 Å². The van der Waals surface area contributed by atoms with Gasteiger partial charge < -0.3 is 14.4 Å². The molecule has 9 nitrogen and oxygen atoms in total. The highest BCUT2D eigenvalue weighted by atomic mass is 32.1. The fourth-order valence-corrected chi connectivity index (χ4v) is 6.53. The molecule has 0 radical (unpaired) electrons. The van der Waals surface area contributed by atoms with Crippen molar-refractivity contribution in [2.45, 2.75) is 37.8 Å². The monoisotopic (exact) mass is 505 g/mol. The fourth-order valence-electron chi connectivity index (χ4n) is 5.51. The van der Waals surface area contributed by atoms with E-state index in [0.717, 1.165) is 72.6 Å². The van der Waals surface area contributed by atoms with Gasteiger partial charge in [-0.05, 0) is 53.6 Å². The lowest BCUT2D eigenvalue weighted by Gasteiger charge is -2.39. The molecule has 188 valence electrons. The quantitative estimate of drug-likeness (QED) is 0.367. The van der Waals surface area contributed by atoms with Crippen molar-refractivity contribution in [3.63, 3.8) is 0 Å². The fraction of sp³-hybridized carbons (Fsp3) is 0.462. The number of tetrazole rings is 1. The summed E-state index contributed by atoms with van der Waals surface area (Å²) in [5.74, 6) is 2.49. The van der Waals surface area contributed by atoms with Gasteiger partial charge in [0.25, 0.3) is 0 Å². The molecule has 10 heteroatoms. The van der Waals surface area contributed by atoms with E-state index in [0.29, 0.717) is 6.04 Å². The zero-order valence-corrected chi connectivity index (χ0v) is 21.5. The molecule has 2 aromatic carbocycles. The van der Waals surface area contributed by atoms with E-state index in [2.05, 4.69) is 54.3 Å². The number of piperazine rings is 1. The van der Waals surface area contributed by atoms with Crippen molar-refractivity contribution >= 4 is 26.7 Å². The van der Waals surface area contributed by atoms with Crippen LogP contribution < -0.4 is 14.4 Å². The van der Waals surface area contributed by atoms with Gasteiger partial charge in [-0.3, -0.25) is 4.90 Å². The Morgan fingerprint density at radius 3 is 2.53 bits per heavy atom. The summed E-state index contributed by atoms with van der Waals surface area (Å²) < 4.78 is 14.7. The topological polar surface area (TPSA) is 81.4 Å². The minimum atomic E-state index is -0.136. The van der Waals surface area contributed by atoms with Crippen LogP contribution in [0.4, 0.5) is 5.13 Å². The number of benzene rings is 2. The van der Waals surface area contributed by atoms with Crippen LogP contribution in [-0.4, -0.2) is 70.5 Å². The van der Waals surface area contributed by atoms with E-state index < -0.39 is 0 Å². The van der Waals surface area contributed by atoms with Crippen LogP contribution in [0.25, 0.3) is 10.2 Å². The Labute approximate surface area is 214 Å². The van der Waals surface area contributed by atoms with Crippen LogP contribution in [0.3, 0.4) is 0 Å². The zero-order chi connectivity index (χ0) is 24.5. The Morgan fingerprint density at radius 1 is 0.972 bits per heavy atom. The van der Waals surface area contributed by atoms with Crippen LogP contribution in [-0.2, 0) is 0 Å². The molecule has 1 aliphatic heterocycles. The molecule has 3 heterocycles. The van der Waals surface area contributed by atoms with Gasteiger partial charge in [-0.1, -0.05) is 36.3 Å². The van der Waals surface area contributed by atoms with Crippen molar-refractivity contribution in [1.29, 1.82) is 0 Å². The number of aromatic nitrogens is 5. The molecule has 4 aromatic rings. The van der Waals surface area contributed by atoms with Gasteiger partial charge in [0.1, 0.15) is 17.5 Å². The van der Waals surface area contributed by atoms with E-state index in [-0.39, 0.29) is 6.04 Å². The van der Waals surface area contributed by atoms with Crippen molar-refractivity contribution in [2.75, 3.05) is 45.3 Å². The number of hydrogen-bond acceptors (Lipinski definition) is 9. The normalized spacial score (nSPS) is 18.1. The Morgan fingerprint density at radius 2 is 1.78 bits per heavy atom. The lowest BCUT2D eigenvalue weighted by Crippen LogP contribution is -2.48. The molecule has 2 fully saturated rings. The standard InChI is InChI=1S/C26H31N7O2S/c1-34-19-11-12-22(35-2)20(17-19)24(25-28-29-30-33(25)18-7-3-4-8-18)31-13-15-32(16-14-31)26-27-21-9-5-6-10-23(21)36-26/h5-6,9-12,17-18,24H,3-4,7-8,13-16H2,1-2H3. The second-order valence-corrected chi connectivity index (χ2v) is 10.4. The molecular formula is C26H31N7O2S. The zero-order valence-electron chi connectivity index (χ0n) is 20.7. The average molecular weight is 506 g/mol. The van der Waals surface area contributed by atoms with Crippen molar-refractivity contribution < 1.29 is 9.47 Å². The van der Waals surface area contributed by atoms with Gasteiger partial charge in [-0.25, -0.2) is 9.67 Å². The number of hydrogen-bond donors (Lipinski definition) is 0. The van der Waals surface area contributed by atoms with Gasteiger partial charge in [-0.2, -0.15) is 0 Å². The van der Waals surface area contributed by atoms with Crippen molar-refractivity contribution in [1.82, 2.24) is 30.1 Å². The van der Waals surface area contributed by atoms with E-state index in [1.165, 1.54) is 17.5 Å². The highest BCUT2D eigenvalue weighted by Gasteiger charge is 2.35. The third kappa shape index (κ3) is 4.28. The minimum absolute atomic E-state index is 0.136. The Kier molecular flexibility index (Phi) is 6.45. The van der Waals surface area contributed by atoms with Gasteiger partial charge in [-0.15, -0.1) is 5.10 Å². The molecule has 0 spiro atoms. The van der Waals surface area contributed by atoms with Gasteiger partial charge in [0.05, 0.1) is 30.5 Å². The molecule has 6 rings (SSSR count). The number of rotatable bonds is 7. The summed E-state index contributed by atoms with van der Waals surface area (Å²) in [5, 5.41) is 14.3. The van der Waals surface area contributed by atoms with Crippen LogP contribution in [0, 0.1) is 0 Å². The number of nitrogens with zero attached hydrogens (tertiary/aromatic N) is 7. The van der Waals surface area contributed by atoms with Gasteiger partial charge in [0.2, 0.25) is 0 Å². The van der Waals surface area contributed by atoms with Crippen LogP contribution in [0.15, 0.2) is 42.5 Å². The minimum Gasteiger partial charge on any atom is -0.497 e. The molecule has 1 atom stereocenters. The van der Waals surface area contributed by atoms with E-state index >= 15 is 0 Å². The summed E-state index contributed by atoms with van der Waals surface area (Å²) in [4.78, 5) is 9.74. The van der Waals surface area contributed by atoms with E-state index in [1.807, 2.05) is 18.2 Å². The molecule has 0 N–H and O–H groups in total. The lowest BCUT2D eigenvalue weighted by atomic mass is 10.0. The molecule has 0 amide bonds. The molecule has 1 unspecified atom stereocenters. The summed E-state index contributed by atoms with van der Waals surface area (Å²) in [6.45, 7) is 3.48. The van der Waals surface area contributed by atoms with Gasteiger partial charge >= 0.3 is 0 Å². The number of methoxy groups -OCH3 is 2. The smallest absolute Gasteiger partial charge is 0.186 e. The highest BCUT2D eigenvalue weighted by Crippen LogP contribution is 2.39. The Hall–Kier alpha value is -3.24. The SMILES string of the molecule is COc1ccc(OC)c(C(c2nnnn2C2CCCC2)N2CCN(c3nc4ccccc4s3)CC2)c1. The maximum atomic E-state index is 5.83. The van der Waals surface area contributed by atoms with Gasteiger partial charge in [0, 0.05) is 31.7 Å². The summed E-state index contributed by atoms with van der Waals surface area (Å²) >= 11 is 1.76. The predicted octanol–water partition coefficient (Wildman–Crippen LogP) is 4.33. The second kappa shape index (κ2) is 10.0. The van der Waals surface area contributed by atoms with Crippen molar-refractivity contribution in [3.05, 3.63) is 53.9 Å². The van der Waals surface area contributed by atoms with E-state index in [4.69, 9.17) is 14.5 Å². The molecule has 2 aromatic heterocycles. The summed E-state index contributed by atoms with van der Waals surface area (Å²) in [6, 6.07) is 14.5. The highest BCUT2D eigenvalue weighted by molar-refractivity contribution is 7.22. The van der Waals surface area contributed by atoms with E-state index in [9.17, 15) is 0 Å². The average Bonchev–Trinajstić information content (AvgIpc) is 3.70. The summed E-state index contributed by atoms with van der Waals surface area (Å²) in [6.07, 6.45) is 4.67. The molecular weight excluding hydrogens is 474 g/mol. The van der Waals surface area contributed by atoms with Crippen LogP contribution >= 0.6 is 11.3 Å². The van der Waals surface area contributed by atoms with Crippen LogP contribution in [0.1, 0.15) is 49.2 Å². The second-order valence-electron chi connectivity index (χ2n) is 9.42. The molecule has 0 bridgehead atoms. The van der Waals surface area contributed by atoms with E-state index in [1.54, 1.807) is 25.6 Å². The summed E-state index contributed by atoms with van der Waals surface area (Å²) in [7, 11) is 3.41. The largest absolute Gasteiger partial charge is 0.497 e. The number of para-hydroxylation sites is 1. The third-order valence-corrected chi connectivity index (χ3v) is 8.49. The maximum Gasteiger partial charge on any atom is 0.186 e. The number of ether oxygens (including phenoxy) is 2. The first-order valence-corrected chi connectivity index (χ1v) is 13.4. The lowest BCUT2D eigenvalue weighted by molar-refractivity contribution is 0.194. The first-order chi connectivity index (χ1) is 17.7. The van der Waals surface area contributed by atoms with Crippen LogP contribution in [0.5, 0.6) is 11.5 Å². The van der Waals surface area contributed by atoms with Crippen molar-refractivity contribution in [2.24, 2.45) is 0 Å². The predicted molar refractivity (Wildman–Crippen MR) is 140 cm³/mol. The first kappa shape index (κ1) is 23.2. The summed E-state index contributed by atoms with van der Waals surface area (Å²) in [5.41, 5.74) is 2.09. The molecule has 2 aliphatic rings. The third-order valence-electron chi connectivity index (χ3n) is 7.40.